The van der Waals surface area contributed by atoms with Gasteiger partial charge in [0, 0.05) is 35.9 Å². The summed E-state index contributed by atoms with van der Waals surface area (Å²) in [5.41, 5.74) is -0.469. The SMILES string of the molecule is CN1CC[C@]23c4c5c([N+](=O)[O-])cc(O)c4O[C@H]2[C@@H](N(C)C(=O)/C=C/c2ccoc2)CC[C@@]3(O)[C@H]1C5. The molecule has 2 bridgehead atoms. The molecule has 0 unspecified atom stereocenters. The van der Waals surface area contributed by atoms with Crippen LogP contribution < -0.4 is 4.74 Å². The van der Waals surface area contributed by atoms with Crippen molar-refractivity contribution < 1.29 is 29.1 Å². The first-order chi connectivity index (χ1) is 16.7. The summed E-state index contributed by atoms with van der Waals surface area (Å²) in [6, 6.07) is 2.18. The van der Waals surface area contributed by atoms with E-state index in [4.69, 9.17) is 9.15 Å². The highest BCUT2D eigenvalue weighted by Gasteiger charge is 2.73. The maximum Gasteiger partial charge on any atom is 0.276 e. The summed E-state index contributed by atoms with van der Waals surface area (Å²) in [6.07, 6.45) is 7.29. The van der Waals surface area contributed by atoms with E-state index in [9.17, 15) is 25.1 Å². The van der Waals surface area contributed by atoms with Crippen molar-refractivity contribution >= 4 is 17.7 Å². The van der Waals surface area contributed by atoms with Gasteiger partial charge in [-0.3, -0.25) is 14.9 Å². The highest BCUT2D eigenvalue weighted by Crippen LogP contribution is 2.66. The van der Waals surface area contributed by atoms with Gasteiger partial charge in [0.05, 0.1) is 40.6 Å². The molecule has 184 valence electrons. The highest BCUT2D eigenvalue weighted by molar-refractivity contribution is 5.92. The molecule has 10 nitrogen and oxygen atoms in total. The molecule has 1 aromatic heterocycles. The van der Waals surface area contributed by atoms with Crippen LogP contribution in [0.15, 0.2) is 35.2 Å². The molecule has 2 aliphatic carbocycles. The number of phenols is 1. The van der Waals surface area contributed by atoms with Crippen LogP contribution in [-0.4, -0.2) is 75.3 Å². The number of aliphatic hydroxyl groups is 1. The molecule has 1 amide bonds. The molecule has 10 heteroatoms. The van der Waals surface area contributed by atoms with Gasteiger partial charge in [-0.25, -0.2) is 0 Å². The van der Waals surface area contributed by atoms with Gasteiger partial charge < -0.3 is 29.2 Å². The van der Waals surface area contributed by atoms with Gasteiger partial charge in [-0.05, 0) is 51.4 Å². The Morgan fingerprint density at radius 3 is 2.91 bits per heavy atom. The van der Waals surface area contributed by atoms with Crippen LogP contribution in [0.4, 0.5) is 5.69 Å². The molecule has 2 fully saturated rings. The summed E-state index contributed by atoms with van der Waals surface area (Å²) in [5.74, 6) is -0.321. The second-order valence-electron chi connectivity index (χ2n) is 10.2. The molecule has 5 atom stereocenters. The molecule has 1 saturated carbocycles. The van der Waals surface area contributed by atoms with Gasteiger partial charge in [-0.15, -0.1) is 0 Å². The lowest BCUT2D eigenvalue weighted by molar-refractivity contribution is -0.386. The largest absolute Gasteiger partial charge is 0.504 e. The number of amides is 1. The Hall–Kier alpha value is -3.37. The molecule has 2 N–H and O–H groups in total. The number of piperidine rings is 1. The molecule has 0 radical (unpaired) electrons. The number of furan rings is 1. The molecule has 3 heterocycles. The number of carbonyl (C=O) groups is 1. The summed E-state index contributed by atoms with van der Waals surface area (Å²) in [4.78, 5) is 28.3. The Bertz CT molecular complexity index is 1260. The predicted octanol–water partition coefficient (Wildman–Crippen LogP) is 2.22. The maximum atomic E-state index is 13.1. The normalized spacial score (nSPS) is 32.8. The zero-order valence-corrected chi connectivity index (χ0v) is 19.5. The minimum Gasteiger partial charge on any atom is -0.504 e. The van der Waals surface area contributed by atoms with E-state index in [1.807, 2.05) is 7.05 Å². The molecule has 2 aromatic rings. The second kappa shape index (κ2) is 7.32. The van der Waals surface area contributed by atoms with Crippen LogP contribution in [0.3, 0.4) is 0 Å². The minimum atomic E-state index is -1.20. The van der Waals surface area contributed by atoms with Gasteiger partial charge in [-0.1, -0.05) is 0 Å². The predicted molar refractivity (Wildman–Crippen MR) is 124 cm³/mol. The molecule has 35 heavy (non-hydrogen) atoms. The Morgan fingerprint density at radius 2 is 2.20 bits per heavy atom. The summed E-state index contributed by atoms with van der Waals surface area (Å²) in [5, 5.41) is 35.0. The van der Waals surface area contributed by atoms with E-state index >= 15 is 0 Å². The van der Waals surface area contributed by atoms with Crippen LogP contribution in [0.25, 0.3) is 6.08 Å². The van der Waals surface area contributed by atoms with Crippen molar-refractivity contribution in [3.8, 4) is 11.5 Å². The molecule has 4 aliphatic rings. The second-order valence-corrected chi connectivity index (χ2v) is 10.2. The van der Waals surface area contributed by atoms with Crippen LogP contribution in [0, 0.1) is 10.1 Å². The molecule has 1 spiro atoms. The molecular weight excluding hydrogens is 454 g/mol. The topological polar surface area (TPSA) is 130 Å². The van der Waals surface area contributed by atoms with Crippen LogP contribution >= 0.6 is 0 Å². The summed E-state index contributed by atoms with van der Waals surface area (Å²) in [7, 11) is 3.64. The lowest BCUT2D eigenvalue weighted by Gasteiger charge is -2.64. The Kier molecular flexibility index (Phi) is 4.62. The Balaban J connectivity index is 1.47. The van der Waals surface area contributed by atoms with E-state index in [-0.39, 0.29) is 29.1 Å². The zero-order valence-electron chi connectivity index (χ0n) is 19.5. The first-order valence-corrected chi connectivity index (χ1v) is 11.8. The van der Waals surface area contributed by atoms with Crippen molar-refractivity contribution in [1.82, 2.24) is 9.80 Å². The smallest absolute Gasteiger partial charge is 0.276 e. The van der Waals surface area contributed by atoms with Crippen molar-refractivity contribution in [1.29, 1.82) is 0 Å². The summed E-state index contributed by atoms with van der Waals surface area (Å²) in [6.45, 7) is 0.667. The third-order valence-corrected chi connectivity index (χ3v) is 8.81. The monoisotopic (exact) mass is 481 g/mol. The number of likely N-dealkylation sites (N-methyl/N-ethyl adjacent to an activating group) is 2. The average Bonchev–Trinajstić information content (AvgIpc) is 3.46. The lowest BCUT2D eigenvalue weighted by Crippen LogP contribution is -2.77. The van der Waals surface area contributed by atoms with Gasteiger partial charge in [0.25, 0.3) is 5.69 Å². The van der Waals surface area contributed by atoms with Gasteiger partial charge in [0.2, 0.25) is 5.91 Å². The summed E-state index contributed by atoms with van der Waals surface area (Å²) >= 11 is 0. The van der Waals surface area contributed by atoms with E-state index in [0.717, 1.165) is 11.6 Å². The lowest BCUT2D eigenvalue weighted by atomic mass is 9.48. The fourth-order valence-corrected chi connectivity index (χ4v) is 7.17. The number of hydrogen-bond donors (Lipinski definition) is 2. The number of ether oxygens (including phenoxy) is 1. The van der Waals surface area contributed by atoms with Gasteiger partial charge in [-0.2, -0.15) is 0 Å². The number of nitro groups is 1. The average molecular weight is 482 g/mol. The first-order valence-electron chi connectivity index (χ1n) is 11.8. The van der Waals surface area contributed by atoms with Crippen molar-refractivity contribution in [3.05, 3.63) is 57.5 Å². The standard InChI is InChI=1S/C25H27N3O7/c1-26-9-8-24-21-15-11-19(26)25(24,31)7-5-16(27(2)20(30)4-3-14-6-10-34-13-14)23(24)35-22(21)18(29)12-17(15)28(32)33/h3-4,6,10,12-13,16,19,23,29,31H,5,7-9,11H2,1-2H3/b4-3+/t16-,19+,23-,24-,25+/m0/s1. The third-order valence-electron chi connectivity index (χ3n) is 8.81. The number of rotatable bonds is 4. The van der Waals surface area contributed by atoms with E-state index in [1.165, 1.54) is 18.6 Å². The van der Waals surface area contributed by atoms with Crippen LogP contribution in [0.5, 0.6) is 11.5 Å². The van der Waals surface area contributed by atoms with Gasteiger partial charge in [0.15, 0.2) is 11.5 Å². The Morgan fingerprint density at radius 1 is 1.40 bits per heavy atom. The van der Waals surface area contributed by atoms with Gasteiger partial charge >= 0.3 is 0 Å². The number of carbonyl (C=O) groups excluding carboxylic acids is 1. The van der Waals surface area contributed by atoms with Crippen LogP contribution in [0.1, 0.15) is 36.0 Å². The fraction of sp³-hybridized carbons (Fsp3) is 0.480. The third kappa shape index (κ3) is 2.75. The number of hydrogen-bond acceptors (Lipinski definition) is 8. The maximum absolute atomic E-state index is 13.1. The van der Waals surface area contributed by atoms with E-state index in [1.54, 1.807) is 24.1 Å². The van der Waals surface area contributed by atoms with E-state index < -0.39 is 28.1 Å². The number of nitrogens with zero attached hydrogens (tertiary/aromatic N) is 3. The molecule has 1 saturated heterocycles. The number of phenolic OH excluding ortho intramolecular Hbond substituents is 1. The van der Waals surface area contributed by atoms with Gasteiger partial charge in [0.1, 0.15) is 6.10 Å². The molecule has 1 aromatic carbocycles. The number of benzene rings is 1. The quantitative estimate of drug-likeness (QED) is 0.386. The minimum absolute atomic E-state index is 0.151. The number of aromatic hydroxyl groups is 1. The summed E-state index contributed by atoms with van der Waals surface area (Å²) < 4.78 is 11.4. The van der Waals surface area contributed by atoms with Crippen molar-refractivity contribution in [2.75, 3.05) is 20.6 Å². The zero-order chi connectivity index (χ0) is 24.7. The Labute approximate surface area is 201 Å². The van der Waals surface area contributed by atoms with Crippen LogP contribution in [-0.2, 0) is 16.6 Å². The van der Waals surface area contributed by atoms with E-state index in [0.29, 0.717) is 43.4 Å². The van der Waals surface area contributed by atoms with E-state index in [2.05, 4.69) is 4.90 Å². The van der Waals surface area contributed by atoms with Crippen molar-refractivity contribution in [2.45, 2.75) is 54.9 Å². The fourth-order valence-electron chi connectivity index (χ4n) is 7.17. The van der Waals surface area contributed by atoms with Crippen molar-refractivity contribution in [2.24, 2.45) is 0 Å². The molecular formula is C25H27N3O7. The van der Waals surface area contributed by atoms with Crippen molar-refractivity contribution in [3.63, 3.8) is 0 Å². The molecule has 2 aliphatic heterocycles. The highest BCUT2D eigenvalue weighted by atomic mass is 16.6. The molecule has 6 rings (SSSR count). The number of likely N-dealkylation sites (tertiary alicyclic amines) is 1. The van der Waals surface area contributed by atoms with Crippen LogP contribution in [0.2, 0.25) is 0 Å². The number of nitro benzene ring substituents is 1. The first kappa shape index (κ1) is 22.1.